The zero-order valence-corrected chi connectivity index (χ0v) is 8.27. The number of amides is 3. The van der Waals surface area contributed by atoms with Crippen molar-refractivity contribution in [3.63, 3.8) is 0 Å². The van der Waals surface area contributed by atoms with Gasteiger partial charge in [-0.05, 0) is 5.56 Å². The van der Waals surface area contributed by atoms with Crippen molar-refractivity contribution in [1.82, 2.24) is 10.2 Å². The highest BCUT2D eigenvalue weighted by Gasteiger charge is 2.25. The topological polar surface area (TPSA) is 49.4 Å². The number of carbonyl (C=O) groups is 2. The molecule has 0 radical (unpaired) electrons. The van der Waals surface area contributed by atoms with Gasteiger partial charge in [-0.1, -0.05) is 30.3 Å². The number of nitrogens with zero attached hydrogens (tertiary/aromatic N) is 1. The van der Waals surface area contributed by atoms with Crippen molar-refractivity contribution in [2.75, 3.05) is 13.1 Å². The molecule has 15 heavy (non-hydrogen) atoms. The van der Waals surface area contributed by atoms with Gasteiger partial charge in [0.05, 0.1) is 6.42 Å². The number of rotatable bonds is 2. The normalized spacial score (nSPS) is 15.2. The van der Waals surface area contributed by atoms with E-state index < -0.39 is 0 Å². The third-order valence-corrected chi connectivity index (χ3v) is 2.36. The minimum atomic E-state index is -0.282. The van der Waals surface area contributed by atoms with Crippen molar-refractivity contribution in [3.05, 3.63) is 35.9 Å². The summed E-state index contributed by atoms with van der Waals surface area (Å²) in [5.74, 6) is -0.142. The van der Waals surface area contributed by atoms with Crippen molar-refractivity contribution in [3.8, 4) is 0 Å². The van der Waals surface area contributed by atoms with Crippen LogP contribution in [0.15, 0.2) is 30.3 Å². The van der Waals surface area contributed by atoms with Crippen molar-refractivity contribution in [2.45, 2.75) is 6.42 Å². The van der Waals surface area contributed by atoms with Crippen molar-refractivity contribution in [2.24, 2.45) is 0 Å². The number of benzene rings is 1. The summed E-state index contributed by atoms with van der Waals surface area (Å²) in [6.45, 7) is 1.03. The number of carbonyl (C=O) groups excluding carboxylic acids is 2. The molecule has 0 saturated carbocycles. The fourth-order valence-electron chi connectivity index (χ4n) is 1.58. The second-order valence-electron chi connectivity index (χ2n) is 3.44. The average Bonchev–Trinajstić information content (AvgIpc) is 2.66. The van der Waals surface area contributed by atoms with Crippen LogP contribution in [0.3, 0.4) is 0 Å². The summed E-state index contributed by atoms with van der Waals surface area (Å²) in [5, 5.41) is 2.60. The Bertz CT molecular complexity index is 375. The zero-order valence-electron chi connectivity index (χ0n) is 8.27. The van der Waals surface area contributed by atoms with E-state index in [0.29, 0.717) is 13.1 Å². The molecule has 78 valence electrons. The number of imide groups is 1. The lowest BCUT2D eigenvalue weighted by Crippen LogP contribution is -2.35. The van der Waals surface area contributed by atoms with Gasteiger partial charge in [-0.15, -0.1) is 0 Å². The van der Waals surface area contributed by atoms with Crippen molar-refractivity contribution >= 4 is 11.9 Å². The van der Waals surface area contributed by atoms with Crippen molar-refractivity contribution < 1.29 is 9.59 Å². The van der Waals surface area contributed by atoms with Crippen LogP contribution in [0.2, 0.25) is 0 Å². The Hall–Kier alpha value is -1.84. The molecule has 1 N–H and O–H groups in total. The van der Waals surface area contributed by atoms with Gasteiger partial charge in [0.1, 0.15) is 0 Å². The molecule has 0 unspecified atom stereocenters. The first-order valence-electron chi connectivity index (χ1n) is 4.89. The molecule has 4 nitrogen and oxygen atoms in total. The highest BCUT2D eigenvalue weighted by molar-refractivity contribution is 5.96. The molecule has 0 spiro atoms. The van der Waals surface area contributed by atoms with E-state index >= 15 is 0 Å². The second-order valence-corrected chi connectivity index (χ2v) is 3.44. The SMILES string of the molecule is O=C(Cc1ccccc1)N1CCNC1=O. The second kappa shape index (κ2) is 4.13. The van der Waals surface area contributed by atoms with E-state index in [1.807, 2.05) is 30.3 Å². The van der Waals surface area contributed by atoms with E-state index in [-0.39, 0.29) is 18.4 Å². The predicted octanol–water partition coefficient (Wildman–Crippen LogP) is 0.781. The molecule has 0 atom stereocenters. The maximum absolute atomic E-state index is 11.7. The van der Waals surface area contributed by atoms with Gasteiger partial charge in [0.15, 0.2) is 0 Å². The minimum absolute atomic E-state index is 0.142. The van der Waals surface area contributed by atoms with Gasteiger partial charge in [0.2, 0.25) is 5.91 Å². The number of hydrogen-bond donors (Lipinski definition) is 1. The fourth-order valence-corrected chi connectivity index (χ4v) is 1.58. The fraction of sp³-hybridized carbons (Fsp3) is 0.273. The maximum atomic E-state index is 11.7. The number of hydrogen-bond acceptors (Lipinski definition) is 2. The summed E-state index contributed by atoms with van der Waals surface area (Å²) in [4.78, 5) is 24.1. The van der Waals surface area contributed by atoms with E-state index in [9.17, 15) is 9.59 Å². The third kappa shape index (κ3) is 2.15. The lowest BCUT2D eigenvalue weighted by atomic mass is 10.1. The quantitative estimate of drug-likeness (QED) is 0.774. The van der Waals surface area contributed by atoms with Crippen LogP contribution in [0.25, 0.3) is 0 Å². The van der Waals surface area contributed by atoms with Crippen LogP contribution in [0.5, 0.6) is 0 Å². The molecule has 0 bridgehead atoms. The molecule has 1 saturated heterocycles. The molecular formula is C11H12N2O2. The van der Waals surface area contributed by atoms with Gasteiger partial charge < -0.3 is 5.32 Å². The molecule has 3 amide bonds. The van der Waals surface area contributed by atoms with Gasteiger partial charge >= 0.3 is 6.03 Å². The standard InChI is InChI=1S/C11H12N2O2/c14-10(13-7-6-12-11(13)15)8-9-4-2-1-3-5-9/h1-5H,6-8H2,(H,12,15). The maximum Gasteiger partial charge on any atom is 0.324 e. The van der Waals surface area contributed by atoms with Crippen LogP contribution in [-0.2, 0) is 11.2 Å². The third-order valence-electron chi connectivity index (χ3n) is 2.36. The van der Waals surface area contributed by atoms with Gasteiger partial charge in [-0.25, -0.2) is 4.79 Å². The van der Waals surface area contributed by atoms with Gasteiger partial charge in [0, 0.05) is 13.1 Å². The van der Waals surface area contributed by atoms with E-state index in [1.165, 1.54) is 4.90 Å². The van der Waals surface area contributed by atoms with Crippen LogP contribution < -0.4 is 5.32 Å². The lowest BCUT2D eigenvalue weighted by molar-refractivity contribution is -0.126. The zero-order chi connectivity index (χ0) is 10.7. The molecule has 1 fully saturated rings. The van der Waals surface area contributed by atoms with Crippen LogP contribution >= 0.6 is 0 Å². The van der Waals surface area contributed by atoms with E-state index in [1.54, 1.807) is 0 Å². The molecular weight excluding hydrogens is 192 g/mol. The van der Waals surface area contributed by atoms with E-state index in [4.69, 9.17) is 0 Å². The molecule has 0 aliphatic carbocycles. The first kappa shape index (κ1) is 9.71. The van der Waals surface area contributed by atoms with Gasteiger partial charge in [-0.2, -0.15) is 0 Å². The summed E-state index contributed by atoms with van der Waals surface area (Å²) in [6, 6.07) is 9.14. The molecule has 0 aromatic heterocycles. The van der Waals surface area contributed by atoms with Crippen LogP contribution in [-0.4, -0.2) is 29.9 Å². The smallest absolute Gasteiger partial charge is 0.324 e. The first-order chi connectivity index (χ1) is 7.27. The molecule has 4 heteroatoms. The van der Waals surface area contributed by atoms with Crippen LogP contribution in [0.4, 0.5) is 4.79 Å². The highest BCUT2D eigenvalue weighted by atomic mass is 16.2. The Labute approximate surface area is 87.9 Å². The van der Waals surface area contributed by atoms with Gasteiger partial charge in [-0.3, -0.25) is 9.69 Å². The highest BCUT2D eigenvalue weighted by Crippen LogP contribution is 2.05. The molecule has 2 rings (SSSR count). The Morgan fingerprint density at radius 1 is 1.33 bits per heavy atom. The largest absolute Gasteiger partial charge is 0.336 e. The molecule has 1 aromatic rings. The van der Waals surface area contributed by atoms with Crippen molar-refractivity contribution in [1.29, 1.82) is 0 Å². The Morgan fingerprint density at radius 3 is 2.67 bits per heavy atom. The first-order valence-corrected chi connectivity index (χ1v) is 4.89. The van der Waals surface area contributed by atoms with Gasteiger partial charge in [0.25, 0.3) is 0 Å². The van der Waals surface area contributed by atoms with Crippen LogP contribution in [0, 0.1) is 0 Å². The summed E-state index contributed by atoms with van der Waals surface area (Å²) in [5.41, 5.74) is 0.933. The Balaban J connectivity index is 2.01. The molecule has 1 aliphatic rings. The summed E-state index contributed by atoms with van der Waals surface area (Å²) < 4.78 is 0. The van der Waals surface area contributed by atoms with E-state index in [0.717, 1.165) is 5.56 Å². The monoisotopic (exact) mass is 204 g/mol. The number of nitrogens with one attached hydrogen (secondary N) is 1. The summed E-state index contributed by atoms with van der Waals surface area (Å²) >= 11 is 0. The molecule has 1 aliphatic heterocycles. The molecule has 1 aromatic carbocycles. The minimum Gasteiger partial charge on any atom is -0.336 e. The lowest BCUT2D eigenvalue weighted by Gasteiger charge is -2.11. The summed E-state index contributed by atoms with van der Waals surface area (Å²) in [6.07, 6.45) is 0.286. The average molecular weight is 204 g/mol. The van der Waals surface area contributed by atoms with Crippen LogP contribution in [0.1, 0.15) is 5.56 Å². The Morgan fingerprint density at radius 2 is 2.07 bits per heavy atom. The molecule has 1 heterocycles. The number of urea groups is 1. The Kier molecular flexibility index (Phi) is 2.67. The van der Waals surface area contributed by atoms with E-state index in [2.05, 4.69) is 5.32 Å². The summed E-state index contributed by atoms with van der Waals surface area (Å²) in [7, 11) is 0. The predicted molar refractivity (Wildman–Crippen MR) is 55.3 cm³/mol.